The molecule has 0 bridgehead atoms. The van der Waals surface area contributed by atoms with E-state index in [1.165, 1.54) is 0 Å². The van der Waals surface area contributed by atoms with Crippen LogP contribution in [0.4, 0.5) is 0 Å². The second kappa shape index (κ2) is 7.27. The first kappa shape index (κ1) is 14.0. The molecule has 1 aliphatic heterocycles. The van der Waals surface area contributed by atoms with Gasteiger partial charge in [0.2, 0.25) is 11.8 Å². The van der Waals surface area contributed by atoms with Gasteiger partial charge in [-0.1, -0.05) is 6.92 Å². The first-order chi connectivity index (χ1) is 8.15. The minimum absolute atomic E-state index is 0.00956. The van der Waals surface area contributed by atoms with Crippen molar-refractivity contribution in [1.82, 2.24) is 10.2 Å². The molecular formula is C12H23N3O2. The number of amides is 2. The van der Waals surface area contributed by atoms with E-state index in [9.17, 15) is 9.59 Å². The molecule has 0 aromatic rings. The van der Waals surface area contributed by atoms with Gasteiger partial charge in [0.1, 0.15) is 0 Å². The standard InChI is InChI=1S/C12H23N3O2/c1-10(4-6-13)12(17)14-7-5-11(16)15-8-2-3-9-15/h10H,2-9,13H2,1H3,(H,14,17). The largest absolute Gasteiger partial charge is 0.355 e. The zero-order valence-corrected chi connectivity index (χ0v) is 10.6. The third-order valence-electron chi connectivity index (χ3n) is 3.14. The van der Waals surface area contributed by atoms with Crippen molar-refractivity contribution in [2.75, 3.05) is 26.2 Å². The molecule has 1 aliphatic rings. The van der Waals surface area contributed by atoms with Crippen LogP contribution in [0.1, 0.15) is 32.6 Å². The van der Waals surface area contributed by atoms with Crippen LogP contribution in [0.25, 0.3) is 0 Å². The fourth-order valence-electron chi connectivity index (χ4n) is 1.97. The molecule has 2 amide bonds. The summed E-state index contributed by atoms with van der Waals surface area (Å²) in [5, 5.41) is 2.78. The van der Waals surface area contributed by atoms with Gasteiger partial charge >= 0.3 is 0 Å². The summed E-state index contributed by atoms with van der Waals surface area (Å²) in [6.45, 7) is 4.54. The highest BCUT2D eigenvalue weighted by molar-refractivity contribution is 5.80. The number of carbonyl (C=O) groups excluding carboxylic acids is 2. The molecule has 0 radical (unpaired) electrons. The van der Waals surface area contributed by atoms with Crippen LogP contribution < -0.4 is 11.1 Å². The Morgan fingerprint density at radius 1 is 1.35 bits per heavy atom. The van der Waals surface area contributed by atoms with Gasteiger partial charge in [-0.15, -0.1) is 0 Å². The Balaban J connectivity index is 2.14. The highest BCUT2D eigenvalue weighted by Crippen LogP contribution is 2.08. The number of nitrogens with one attached hydrogen (secondary N) is 1. The molecule has 5 nitrogen and oxygen atoms in total. The number of hydrogen-bond acceptors (Lipinski definition) is 3. The monoisotopic (exact) mass is 241 g/mol. The van der Waals surface area contributed by atoms with Crippen LogP contribution in [-0.4, -0.2) is 42.9 Å². The maximum atomic E-state index is 11.7. The molecule has 1 rings (SSSR count). The van der Waals surface area contributed by atoms with Gasteiger partial charge in [0.25, 0.3) is 0 Å². The summed E-state index contributed by atoms with van der Waals surface area (Å²) < 4.78 is 0. The topological polar surface area (TPSA) is 75.4 Å². The number of nitrogens with zero attached hydrogens (tertiary/aromatic N) is 1. The van der Waals surface area contributed by atoms with E-state index in [1.54, 1.807) is 0 Å². The number of rotatable bonds is 6. The van der Waals surface area contributed by atoms with E-state index >= 15 is 0 Å². The maximum absolute atomic E-state index is 11.7. The van der Waals surface area contributed by atoms with Gasteiger partial charge in [0.05, 0.1) is 0 Å². The van der Waals surface area contributed by atoms with Crippen LogP contribution in [0.3, 0.4) is 0 Å². The van der Waals surface area contributed by atoms with Crippen LogP contribution in [-0.2, 0) is 9.59 Å². The lowest BCUT2D eigenvalue weighted by Gasteiger charge is -2.16. The van der Waals surface area contributed by atoms with Gasteiger partial charge in [-0.25, -0.2) is 0 Å². The van der Waals surface area contributed by atoms with E-state index in [2.05, 4.69) is 5.32 Å². The highest BCUT2D eigenvalue weighted by Gasteiger charge is 2.18. The molecule has 1 fully saturated rings. The van der Waals surface area contributed by atoms with Crippen molar-refractivity contribution in [3.05, 3.63) is 0 Å². The zero-order chi connectivity index (χ0) is 12.7. The molecule has 1 saturated heterocycles. The first-order valence-corrected chi connectivity index (χ1v) is 6.40. The Bertz CT molecular complexity index is 262. The molecule has 1 heterocycles. The summed E-state index contributed by atoms with van der Waals surface area (Å²) in [4.78, 5) is 25.1. The van der Waals surface area contributed by atoms with Gasteiger partial charge in [0, 0.05) is 32.0 Å². The fourth-order valence-corrected chi connectivity index (χ4v) is 1.97. The van der Waals surface area contributed by atoms with Crippen LogP contribution >= 0.6 is 0 Å². The van der Waals surface area contributed by atoms with E-state index in [0.29, 0.717) is 25.9 Å². The van der Waals surface area contributed by atoms with Crippen LogP contribution in [0.5, 0.6) is 0 Å². The van der Waals surface area contributed by atoms with Gasteiger partial charge in [-0.05, 0) is 25.8 Å². The fraction of sp³-hybridized carbons (Fsp3) is 0.833. The Labute approximate surface area is 103 Å². The normalized spacial score (nSPS) is 16.9. The number of likely N-dealkylation sites (tertiary alicyclic amines) is 1. The second-order valence-corrected chi connectivity index (χ2v) is 4.61. The van der Waals surface area contributed by atoms with Crippen LogP contribution in [0.2, 0.25) is 0 Å². The van der Waals surface area contributed by atoms with Crippen molar-refractivity contribution in [2.45, 2.75) is 32.6 Å². The molecule has 0 aliphatic carbocycles. The van der Waals surface area contributed by atoms with Crippen molar-refractivity contribution in [2.24, 2.45) is 11.7 Å². The van der Waals surface area contributed by atoms with E-state index in [-0.39, 0.29) is 17.7 Å². The molecule has 0 saturated carbocycles. The van der Waals surface area contributed by atoms with E-state index < -0.39 is 0 Å². The SMILES string of the molecule is CC(CCN)C(=O)NCCC(=O)N1CCCC1. The molecule has 17 heavy (non-hydrogen) atoms. The Morgan fingerprint density at radius 3 is 2.59 bits per heavy atom. The smallest absolute Gasteiger partial charge is 0.224 e. The van der Waals surface area contributed by atoms with Crippen molar-refractivity contribution < 1.29 is 9.59 Å². The van der Waals surface area contributed by atoms with Crippen LogP contribution in [0, 0.1) is 5.92 Å². The summed E-state index contributed by atoms with van der Waals surface area (Å²) in [6.07, 6.45) is 3.30. The Morgan fingerprint density at radius 2 is 2.00 bits per heavy atom. The van der Waals surface area contributed by atoms with Crippen molar-refractivity contribution >= 4 is 11.8 Å². The molecule has 0 aromatic carbocycles. The van der Waals surface area contributed by atoms with E-state index in [1.807, 2.05) is 11.8 Å². The van der Waals surface area contributed by atoms with Gasteiger partial charge in [-0.3, -0.25) is 9.59 Å². The summed E-state index contributed by atoms with van der Waals surface area (Å²) >= 11 is 0. The maximum Gasteiger partial charge on any atom is 0.224 e. The molecule has 0 aromatic heterocycles. The summed E-state index contributed by atoms with van der Waals surface area (Å²) in [7, 11) is 0. The summed E-state index contributed by atoms with van der Waals surface area (Å²) in [5.74, 6) is 0.0702. The third kappa shape index (κ3) is 4.73. The zero-order valence-electron chi connectivity index (χ0n) is 10.6. The van der Waals surface area contributed by atoms with Crippen molar-refractivity contribution in [3.63, 3.8) is 0 Å². The minimum atomic E-state index is -0.0677. The second-order valence-electron chi connectivity index (χ2n) is 4.61. The molecule has 98 valence electrons. The molecule has 1 unspecified atom stereocenters. The summed E-state index contributed by atoms with van der Waals surface area (Å²) in [6, 6.07) is 0. The predicted octanol–water partition coefficient (Wildman–Crippen LogP) is 0.100. The number of nitrogens with two attached hydrogens (primary N) is 1. The molecule has 5 heteroatoms. The van der Waals surface area contributed by atoms with Gasteiger partial charge in [0.15, 0.2) is 0 Å². The van der Waals surface area contributed by atoms with E-state index in [0.717, 1.165) is 25.9 Å². The molecule has 0 spiro atoms. The Hall–Kier alpha value is -1.10. The quantitative estimate of drug-likeness (QED) is 0.692. The molecule has 1 atom stereocenters. The average molecular weight is 241 g/mol. The molecule has 3 N–H and O–H groups in total. The molecular weight excluding hydrogens is 218 g/mol. The lowest BCUT2D eigenvalue weighted by atomic mass is 10.1. The number of hydrogen-bond donors (Lipinski definition) is 2. The average Bonchev–Trinajstić information content (AvgIpc) is 2.82. The lowest BCUT2D eigenvalue weighted by Crippen LogP contribution is -2.35. The van der Waals surface area contributed by atoms with E-state index in [4.69, 9.17) is 5.73 Å². The van der Waals surface area contributed by atoms with Gasteiger partial charge < -0.3 is 16.0 Å². The number of carbonyl (C=O) groups is 2. The van der Waals surface area contributed by atoms with Crippen LogP contribution in [0.15, 0.2) is 0 Å². The highest BCUT2D eigenvalue weighted by atomic mass is 16.2. The third-order valence-corrected chi connectivity index (χ3v) is 3.14. The Kier molecular flexibility index (Phi) is 5.97. The minimum Gasteiger partial charge on any atom is -0.355 e. The summed E-state index contributed by atoms with van der Waals surface area (Å²) in [5.41, 5.74) is 5.39. The van der Waals surface area contributed by atoms with Gasteiger partial charge in [-0.2, -0.15) is 0 Å². The van der Waals surface area contributed by atoms with Crippen molar-refractivity contribution in [3.8, 4) is 0 Å². The lowest BCUT2D eigenvalue weighted by molar-refractivity contribution is -0.130. The predicted molar refractivity (Wildman–Crippen MR) is 66.3 cm³/mol. The van der Waals surface area contributed by atoms with Crippen molar-refractivity contribution in [1.29, 1.82) is 0 Å². The first-order valence-electron chi connectivity index (χ1n) is 6.40.